The van der Waals surface area contributed by atoms with Crippen LogP contribution in [0.1, 0.15) is 61.5 Å². The zero-order valence-electron chi connectivity index (χ0n) is 21.5. The van der Waals surface area contributed by atoms with Gasteiger partial charge in [0.05, 0.1) is 23.1 Å². The van der Waals surface area contributed by atoms with Crippen LogP contribution >= 0.6 is 0 Å². The molecule has 1 aromatic heterocycles. The van der Waals surface area contributed by atoms with Crippen LogP contribution in [0.2, 0.25) is 0 Å². The van der Waals surface area contributed by atoms with Crippen molar-refractivity contribution in [2.75, 3.05) is 24.7 Å². The lowest BCUT2D eigenvalue weighted by Gasteiger charge is -2.23. The van der Waals surface area contributed by atoms with Gasteiger partial charge in [-0.2, -0.15) is 5.10 Å². The van der Waals surface area contributed by atoms with Crippen LogP contribution in [-0.2, 0) is 14.6 Å². The summed E-state index contributed by atoms with van der Waals surface area (Å²) in [4.78, 5) is 13.4. The molecule has 1 unspecified atom stereocenters. The van der Waals surface area contributed by atoms with E-state index in [4.69, 9.17) is 14.6 Å². The predicted octanol–water partition coefficient (Wildman–Crippen LogP) is 5.46. The maximum atomic E-state index is 13.5. The summed E-state index contributed by atoms with van der Waals surface area (Å²) in [7, 11) is -3.10. The fraction of sp³-hybridized carbons (Fsp3) is 0.500. The van der Waals surface area contributed by atoms with Crippen LogP contribution in [0.15, 0.2) is 36.4 Å². The molecule has 2 aliphatic heterocycles. The van der Waals surface area contributed by atoms with Crippen LogP contribution in [0.25, 0.3) is 22.2 Å². The molecule has 0 amide bonds. The largest absolute Gasteiger partial charge is 0.461 e. The van der Waals surface area contributed by atoms with Crippen LogP contribution in [-0.4, -0.2) is 55.1 Å². The van der Waals surface area contributed by atoms with Gasteiger partial charge in [-0.1, -0.05) is 19.1 Å². The van der Waals surface area contributed by atoms with Crippen LogP contribution in [0.4, 0.5) is 4.39 Å². The van der Waals surface area contributed by atoms with Crippen molar-refractivity contribution in [1.29, 1.82) is 0 Å². The van der Waals surface area contributed by atoms with Gasteiger partial charge in [-0.3, -0.25) is 9.48 Å². The molecule has 3 heterocycles. The number of rotatable bonds is 7. The van der Waals surface area contributed by atoms with Gasteiger partial charge in [0.1, 0.15) is 11.4 Å². The molecular weight excluding hydrogens is 495 g/mol. The Morgan fingerprint density at radius 1 is 1.27 bits per heavy atom. The molecule has 0 N–H and O–H groups in total. The van der Waals surface area contributed by atoms with Gasteiger partial charge in [-0.15, -0.1) is 0 Å². The first-order chi connectivity index (χ1) is 17.5. The molecule has 2 atom stereocenters. The van der Waals surface area contributed by atoms with E-state index in [0.717, 1.165) is 40.6 Å². The number of Topliss-reactive ketones (excluding diaryl/α,β-unsaturated/α-hetero) is 1. The third-order valence-electron chi connectivity index (χ3n) is 7.44. The normalized spacial score (nSPS) is 22.8. The molecule has 2 aromatic carbocycles. The van der Waals surface area contributed by atoms with E-state index in [9.17, 15) is 17.6 Å². The summed E-state index contributed by atoms with van der Waals surface area (Å²) in [5.74, 6) is 0.551. The van der Waals surface area contributed by atoms with E-state index in [0.29, 0.717) is 30.9 Å². The van der Waals surface area contributed by atoms with Crippen LogP contribution < -0.4 is 4.74 Å². The second-order valence-electron chi connectivity index (χ2n) is 10.8. The first-order valence-corrected chi connectivity index (χ1v) is 14.6. The van der Waals surface area contributed by atoms with Gasteiger partial charge in [-0.05, 0) is 61.4 Å². The number of ether oxygens (including phenoxy) is 2. The van der Waals surface area contributed by atoms with Crippen molar-refractivity contribution in [3.63, 3.8) is 0 Å². The van der Waals surface area contributed by atoms with Crippen molar-refractivity contribution in [2.24, 2.45) is 5.41 Å². The average Bonchev–Trinajstić information content (AvgIpc) is 3.36. The minimum Gasteiger partial charge on any atom is -0.461 e. The number of carbonyl (C=O) groups excluding carboxylic acids is 1. The van der Waals surface area contributed by atoms with E-state index in [1.165, 1.54) is 6.92 Å². The van der Waals surface area contributed by atoms with Crippen molar-refractivity contribution in [1.82, 2.24) is 9.78 Å². The number of hydrogen-bond acceptors (Lipinski definition) is 6. The number of benzene rings is 2. The molecule has 2 saturated heterocycles. The Balaban J connectivity index is 1.58. The second kappa shape index (κ2) is 9.83. The Morgan fingerprint density at radius 3 is 2.70 bits per heavy atom. The number of alkyl halides is 1. The lowest BCUT2D eigenvalue weighted by atomic mass is 9.83. The molecule has 5 rings (SSSR count). The van der Waals surface area contributed by atoms with Crippen LogP contribution in [0.5, 0.6) is 5.75 Å². The number of hydrogen-bond donors (Lipinski definition) is 0. The Hall–Kier alpha value is -2.78. The molecule has 7 nitrogen and oxygen atoms in total. The monoisotopic (exact) mass is 528 g/mol. The maximum Gasteiger partial charge on any atom is 0.235 e. The summed E-state index contributed by atoms with van der Waals surface area (Å²) in [5.41, 5.74) is 3.35. The van der Waals surface area contributed by atoms with Gasteiger partial charge < -0.3 is 9.47 Å². The minimum atomic E-state index is -3.10. The summed E-state index contributed by atoms with van der Waals surface area (Å²) in [5, 5.41) is 5.96. The summed E-state index contributed by atoms with van der Waals surface area (Å²) in [6.45, 7) is 6.47. The fourth-order valence-electron chi connectivity index (χ4n) is 5.65. The van der Waals surface area contributed by atoms with E-state index < -0.39 is 21.6 Å². The summed E-state index contributed by atoms with van der Waals surface area (Å²) < 4.78 is 50.5. The lowest BCUT2D eigenvalue weighted by molar-refractivity contribution is 0.0675. The van der Waals surface area contributed by atoms with Crippen molar-refractivity contribution in [3.8, 4) is 17.0 Å². The van der Waals surface area contributed by atoms with Crippen LogP contribution in [0, 0.1) is 12.3 Å². The molecule has 0 aliphatic carbocycles. The van der Waals surface area contributed by atoms with E-state index in [1.807, 2.05) is 42.8 Å². The Labute approximate surface area is 216 Å². The molecular formula is C28H33FN2O5S. The number of halogens is 1. The van der Waals surface area contributed by atoms with Crippen molar-refractivity contribution in [2.45, 2.75) is 58.9 Å². The number of fused-ring (bicyclic) bond motifs is 1. The maximum absolute atomic E-state index is 13.5. The summed E-state index contributed by atoms with van der Waals surface area (Å²) in [6, 6.07) is 11.1. The average molecular weight is 529 g/mol. The molecule has 0 spiro atoms. The van der Waals surface area contributed by atoms with Gasteiger partial charge in [0, 0.05) is 43.1 Å². The Morgan fingerprint density at radius 2 is 2.03 bits per heavy atom. The van der Waals surface area contributed by atoms with Crippen molar-refractivity contribution < 1.29 is 27.1 Å². The second-order valence-corrected chi connectivity index (χ2v) is 12.9. The molecule has 0 radical (unpaired) electrons. The predicted molar refractivity (Wildman–Crippen MR) is 141 cm³/mol. The number of nitrogens with zero attached hydrogens (tertiary/aromatic N) is 2. The highest BCUT2D eigenvalue weighted by Gasteiger charge is 2.40. The van der Waals surface area contributed by atoms with Gasteiger partial charge in [0.15, 0.2) is 15.6 Å². The third kappa shape index (κ3) is 5.43. The highest BCUT2D eigenvalue weighted by atomic mass is 32.2. The molecule has 198 valence electrons. The highest BCUT2D eigenvalue weighted by molar-refractivity contribution is 7.91. The molecule has 0 bridgehead atoms. The molecule has 2 fully saturated rings. The fourth-order valence-corrected chi connectivity index (χ4v) is 7.91. The molecule has 37 heavy (non-hydrogen) atoms. The third-order valence-corrected chi connectivity index (χ3v) is 9.41. The highest BCUT2D eigenvalue weighted by Crippen LogP contribution is 2.39. The van der Waals surface area contributed by atoms with Crippen molar-refractivity contribution >= 4 is 26.5 Å². The Bertz CT molecular complexity index is 1440. The van der Waals surface area contributed by atoms with E-state index in [-0.39, 0.29) is 29.8 Å². The number of ketones is 1. The molecule has 2 aliphatic rings. The van der Waals surface area contributed by atoms with E-state index in [1.54, 1.807) is 12.1 Å². The number of sulfone groups is 1. The van der Waals surface area contributed by atoms with Crippen molar-refractivity contribution in [3.05, 3.63) is 47.5 Å². The van der Waals surface area contributed by atoms with Gasteiger partial charge >= 0.3 is 0 Å². The molecule has 0 saturated carbocycles. The standard InChI is InChI=1S/C28H33FN2O5S/c1-18-13-21(25(32)16-28(3)9-12-37(33,34)17-28)15-24-26(18)27(30-31(24)22-7-10-35-11-8-22)20-5-4-6-23(14-20)36-19(2)29/h4-6,13-15,19,22H,7-12,16-17H2,1-3H3/t19?,28-/m1/s1. The quantitative estimate of drug-likeness (QED) is 0.379. The minimum absolute atomic E-state index is 0.0486. The SMILES string of the molecule is Cc1cc(C(=O)C[C@@]2(C)CCS(=O)(=O)C2)cc2c1c(-c1cccc(OC(C)F)c1)nn2C1CCOCC1. The number of aromatic nitrogens is 2. The molecule has 3 aromatic rings. The summed E-state index contributed by atoms with van der Waals surface area (Å²) >= 11 is 0. The van der Waals surface area contributed by atoms with E-state index >= 15 is 0 Å². The first-order valence-electron chi connectivity index (χ1n) is 12.8. The van der Waals surface area contributed by atoms with Gasteiger partial charge in [0.25, 0.3) is 0 Å². The first kappa shape index (κ1) is 25.9. The zero-order valence-corrected chi connectivity index (χ0v) is 22.3. The lowest BCUT2D eigenvalue weighted by Crippen LogP contribution is -2.22. The molecule has 9 heteroatoms. The smallest absolute Gasteiger partial charge is 0.235 e. The van der Waals surface area contributed by atoms with Gasteiger partial charge in [-0.25, -0.2) is 12.8 Å². The number of aryl methyl sites for hydroxylation is 1. The zero-order chi connectivity index (χ0) is 26.4. The topological polar surface area (TPSA) is 87.5 Å². The Kier molecular flexibility index (Phi) is 6.87. The van der Waals surface area contributed by atoms with Gasteiger partial charge in [0.2, 0.25) is 6.36 Å². The summed E-state index contributed by atoms with van der Waals surface area (Å²) in [6.07, 6.45) is 0.884. The van der Waals surface area contributed by atoms with Crippen LogP contribution in [0.3, 0.4) is 0 Å². The number of carbonyl (C=O) groups is 1. The van der Waals surface area contributed by atoms with E-state index in [2.05, 4.69) is 0 Å².